The lowest BCUT2D eigenvalue weighted by atomic mass is 10.1. The molecule has 0 bridgehead atoms. The predicted molar refractivity (Wildman–Crippen MR) is 107 cm³/mol. The quantitative estimate of drug-likeness (QED) is 0.711. The topological polar surface area (TPSA) is 78.0 Å². The van der Waals surface area contributed by atoms with E-state index in [1.807, 2.05) is 0 Å². The van der Waals surface area contributed by atoms with E-state index in [1.54, 1.807) is 6.07 Å². The summed E-state index contributed by atoms with van der Waals surface area (Å²) in [5.41, 5.74) is 0.562. The number of hydrogen-bond donors (Lipinski definition) is 0. The van der Waals surface area contributed by atoms with Crippen molar-refractivity contribution in [2.24, 2.45) is 0 Å². The third-order valence-corrected chi connectivity index (χ3v) is 7.51. The number of nitrogens with zero attached hydrogens (tertiary/aromatic N) is 3. The Balaban J connectivity index is 1.53. The number of fused-ring (bicyclic) bond motifs is 1. The Kier molecular flexibility index (Phi) is 5.76. The molecule has 7 nitrogen and oxygen atoms in total. The monoisotopic (exact) mass is 449 g/mol. The molecule has 0 spiro atoms. The number of carbonyl (C=O) groups is 2. The van der Waals surface area contributed by atoms with E-state index in [4.69, 9.17) is 0 Å². The Hall–Kier alpha value is -2.85. The van der Waals surface area contributed by atoms with Gasteiger partial charge in [-0.05, 0) is 36.2 Å². The second-order valence-electron chi connectivity index (χ2n) is 7.55. The Morgan fingerprint density at radius 2 is 1.74 bits per heavy atom. The molecule has 4 rings (SSSR count). The molecule has 2 aliphatic rings. The van der Waals surface area contributed by atoms with Crippen molar-refractivity contribution in [2.75, 3.05) is 26.2 Å². The van der Waals surface area contributed by atoms with Crippen molar-refractivity contribution < 1.29 is 26.8 Å². The molecule has 2 aliphatic heterocycles. The zero-order chi connectivity index (χ0) is 22.2. The zero-order valence-electron chi connectivity index (χ0n) is 16.6. The van der Waals surface area contributed by atoms with Gasteiger partial charge in [-0.15, -0.1) is 0 Å². The maximum absolute atomic E-state index is 14.1. The number of benzene rings is 2. The van der Waals surface area contributed by atoms with Gasteiger partial charge in [0.1, 0.15) is 29.1 Å². The van der Waals surface area contributed by atoms with E-state index >= 15 is 0 Å². The molecule has 0 N–H and O–H groups in total. The fraction of sp³-hybridized carbons (Fsp3) is 0.333. The lowest BCUT2D eigenvalue weighted by molar-refractivity contribution is -0.156. The van der Waals surface area contributed by atoms with Gasteiger partial charge < -0.3 is 9.80 Å². The van der Waals surface area contributed by atoms with Gasteiger partial charge in [0.05, 0.1) is 0 Å². The van der Waals surface area contributed by atoms with Crippen molar-refractivity contribution in [2.45, 2.75) is 23.9 Å². The van der Waals surface area contributed by atoms with Crippen LogP contribution < -0.4 is 0 Å². The Bertz CT molecular complexity index is 1130. The predicted octanol–water partition coefficient (Wildman–Crippen LogP) is 1.60. The summed E-state index contributed by atoms with van der Waals surface area (Å²) in [5, 5.41) is 0. The van der Waals surface area contributed by atoms with Crippen LogP contribution in [-0.2, 0) is 26.2 Å². The Labute approximate surface area is 178 Å². The smallest absolute Gasteiger partial charge is 0.246 e. The summed E-state index contributed by atoms with van der Waals surface area (Å²) >= 11 is 0. The van der Waals surface area contributed by atoms with E-state index in [9.17, 15) is 26.8 Å². The fourth-order valence-corrected chi connectivity index (χ4v) is 5.54. The van der Waals surface area contributed by atoms with Crippen molar-refractivity contribution in [3.63, 3.8) is 0 Å². The van der Waals surface area contributed by atoms with Crippen LogP contribution in [0.3, 0.4) is 0 Å². The molecule has 2 amide bonds. The molecule has 0 aliphatic carbocycles. The van der Waals surface area contributed by atoms with Gasteiger partial charge in [-0.2, -0.15) is 4.31 Å². The van der Waals surface area contributed by atoms with Crippen LogP contribution in [0.2, 0.25) is 0 Å². The normalized spacial score (nSPS) is 20.5. The Morgan fingerprint density at radius 3 is 2.48 bits per heavy atom. The molecule has 164 valence electrons. The number of sulfonamides is 1. The number of hydrogen-bond acceptors (Lipinski definition) is 4. The minimum absolute atomic E-state index is 0.0232. The van der Waals surface area contributed by atoms with Gasteiger partial charge in [-0.25, -0.2) is 17.2 Å². The average Bonchev–Trinajstić information content (AvgIpc) is 2.96. The highest BCUT2D eigenvalue weighted by Gasteiger charge is 2.42. The third-order valence-electron chi connectivity index (χ3n) is 5.58. The van der Waals surface area contributed by atoms with Crippen molar-refractivity contribution in [1.29, 1.82) is 0 Å². The van der Waals surface area contributed by atoms with Gasteiger partial charge in [0.2, 0.25) is 21.8 Å². The molecule has 31 heavy (non-hydrogen) atoms. The molecule has 2 heterocycles. The minimum Gasteiger partial charge on any atom is -0.328 e. The fourth-order valence-electron chi connectivity index (χ4n) is 4.03. The lowest BCUT2D eigenvalue weighted by Gasteiger charge is -2.39. The van der Waals surface area contributed by atoms with Crippen molar-refractivity contribution in [3.05, 3.63) is 65.7 Å². The standard InChI is InChI=1S/C21H21F2N3O4S/c22-16-5-3-4-15(12-16)13-24-14-20(27)26-11-10-25(9-8-18(26)21(24)28)31(29,30)19-7-2-1-6-17(19)23/h1-7,12,18H,8-11,13-14H2. The molecule has 1 atom stereocenters. The molecule has 2 aromatic rings. The number of carbonyl (C=O) groups excluding carboxylic acids is 2. The van der Waals surface area contributed by atoms with Crippen molar-refractivity contribution in [1.82, 2.24) is 14.1 Å². The van der Waals surface area contributed by atoms with E-state index in [-0.39, 0.29) is 51.0 Å². The molecular weight excluding hydrogens is 428 g/mol. The molecule has 2 saturated heterocycles. The summed E-state index contributed by atoms with van der Waals surface area (Å²) in [6.45, 7) is -0.0900. The molecular formula is C21H21F2N3O4S. The number of amides is 2. The van der Waals surface area contributed by atoms with Crippen LogP contribution in [0, 0.1) is 11.6 Å². The highest BCUT2D eigenvalue weighted by Crippen LogP contribution is 2.25. The number of rotatable bonds is 4. The largest absolute Gasteiger partial charge is 0.328 e. The van der Waals surface area contributed by atoms with Gasteiger partial charge >= 0.3 is 0 Å². The summed E-state index contributed by atoms with van der Waals surface area (Å²) in [6, 6.07) is 10.1. The molecule has 0 saturated carbocycles. The van der Waals surface area contributed by atoms with Gasteiger partial charge in [-0.1, -0.05) is 24.3 Å². The maximum Gasteiger partial charge on any atom is 0.246 e. The molecule has 2 fully saturated rings. The van der Waals surface area contributed by atoms with E-state index in [0.717, 1.165) is 10.4 Å². The molecule has 0 aromatic heterocycles. The summed E-state index contributed by atoms with van der Waals surface area (Å²) in [4.78, 5) is 28.1. The van der Waals surface area contributed by atoms with Crippen LogP contribution in [0.4, 0.5) is 8.78 Å². The SMILES string of the molecule is O=C1C2CCN(S(=O)(=O)c3ccccc3F)CCN2C(=O)CN1Cc1cccc(F)c1. The molecule has 2 aromatic carbocycles. The van der Waals surface area contributed by atoms with Crippen LogP contribution in [0.1, 0.15) is 12.0 Å². The minimum atomic E-state index is -4.11. The van der Waals surface area contributed by atoms with Crippen LogP contribution in [0.5, 0.6) is 0 Å². The van der Waals surface area contributed by atoms with Gasteiger partial charge in [-0.3, -0.25) is 9.59 Å². The molecule has 1 unspecified atom stereocenters. The first-order valence-corrected chi connectivity index (χ1v) is 11.3. The first-order valence-electron chi connectivity index (χ1n) is 9.85. The number of halogens is 2. The van der Waals surface area contributed by atoms with E-state index in [0.29, 0.717) is 5.56 Å². The summed E-state index contributed by atoms with van der Waals surface area (Å²) in [7, 11) is -4.11. The summed E-state index contributed by atoms with van der Waals surface area (Å²) in [6.07, 6.45) is 0.0951. The third kappa shape index (κ3) is 4.17. The second-order valence-corrected chi connectivity index (χ2v) is 9.46. The van der Waals surface area contributed by atoms with Gasteiger partial charge in [0.15, 0.2) is 0 Å². The maximum atomic E-state index is 14.1. The van der Waals surface area contributed by atoms with E-state index in [1.165, 1.54) is 46.2 Å². The van der Waals surface area contributed by atoms with Crippen LogP contribution >= 0.6 is 0 Å². The molecule has 0 radical (unpaired) electrons. The van der Waals surface area contributed by atoms with Gasteiger partial charge in [0, 0.05) is 26.2 Å². The van der Waals surface area contributed by atoms with Gasteiger partial charge in [0.25, 0.3) is 0 Å². The average molecular weight is 449 g/mol. The summed E-state index contributed by atoms with van der Waals surface area (Å²) in [5.74, 6) is -1.89. The first-order chi connectivity index (χ1) is 14.8. The molecule has 10 heteroatoms. The first kappa shape index (κ1) is 21.4. The number of piperazine rings is 1. The summed E-state index contributed by atoms with van der Waals surface area (Å²) < 4.78 is 54.5. The zero-order valence-corrected chi connectivity index (χ0v) is 17.4. The lowest BCUT2D eigenvalue weighted by Crippen LogP contribution is -2.59. The Morgan fingerprint density at radius 1 is 0.968 bits per heavy atom. The van der Waals surface area contributed by atoms with Crippen LogP contribution in [0.15, 0.2) is 53.4 Å². The van der Waals surface area contributed by atoms with Crippen molar-refractivity contribution >= 4 is 21.8 Å². The van der Waals surface area contributed by atoms with E-state index in [2.05, 4.69) is 0 Å². The van der Waals surface area contributed by atoms with E-state index < -0.39 is 32.6 Å². The highest BCUT2D eigenvalue weighted by molar-refractivity contribution is 7.89. The van der Waals surface area contributed by atoms with Crippen molar-refractivity contribution in [3.8, 4) is 0 Å². The van der Waals surface area contributed by atoms with Crippen LogP contribution in [-0.4, -0.2) is 66.6 Å². The highest BCUT2D eigenvalue weighted by atomic mass is 32.2. The second kappa shape index (κ2) is 8.35. The van der Waals surface area contributed by atoms with Crippen LogP contribution in [0.25, 0.3) is 0 Å².